The fraction of sp³-hybridized carbons (Fsp3) is 0.471. The maximum absolute atomic E-state index is 12.2. The Balaban J connectivity index is 1.94. The zero-order valence-corrected chi connectivity index (χ0v) is 12.7. The number of aromatic nitrogens is 1. The van der Waals surface area contributed by atoms with Gasteiger partial charge in [0.25, 0.3) is 5.56 Å². The van der Waals surface area contributed by atoms with Gasteiger partial charge >= 0.3 is 0 Å². The second-order valence-electron chi connectivity index (χ2n) is 6.28. The SMILES string of the molecule is CN(C)CC1(Oc2cc3ccccc3c(=O)[nH]2)CCCC1. The molecule has 1 aromatic heterocycles. The number of aromatic amines is 1. The highest BCUT2D eigenvalue weighted by Gasteiger charge is 2.37. The zero-order valence-electron chi connectivity index (χ0n) is 12.7. The van der Waals surface area contributed by atoms with Gasteiger partial charge in [-0.1, -0.05) is 18.2 Å². The minimum atomic E-state index is -0.172. The number of fused-ring (bicyclic) bond motifs is 1. The molecule has 1 heterocycles. The first-order valence-corrected chi connectivity index (χ1v) is 7.54. The number of pyridine rings is 1. The van der Waals surface area contributed by atoms with Gasteiger partial charge in [0.05, 0.1) is 0 Å². The van der Waals surface area contributed by atoms with Crippen molar-refractivity contribution in [3.8, 4) is 5.88 Å². The Hall–Kier alpha value is -1.81. The van der Waals surface area contributed by atoms with Crippen molar-refractivity contribution in [3.63, 3.8) is 0 Å². The average molecular weight is 286 g/mol. The van der Waals surface area contributed by atoms with Gasteiger partial charge in [0.1, 0.15) is 5.60 Å². The van der Waals surface area contributed by atoms with Gasteiger partial charge < -0.3 is 9.64 Å². The van der Waals surface area contributed by atoms with Crippen molar-refractivity contribution in [2.45, 2.75) is 31.3 Å². The molecule has 1 fully saturated rings. The van der Waals surface area contributed by atoms with E-state index in [9.17, 15) is 4.79 Å². The molecule has 1 N–H and O–H groups in total. The summed E-state index contributed by atoms with van der Waals surface area (Å²) in [6.07, 6.45) is 4.46. The van der Waals surface area contributed by atoms with E-state index in [-0.39, 0.29) is 11.2 Å². The lowest BCUT2D eigenvalue weighted by molar-refractivity contribution is 0.0436. The van der Waals surface area contributed by atoms with Gasteiger partial charge in [-0.15, -0.1) is 0 Å². The molecule has 3 rings (SSSR count). The third kappa shape index (κ3) is 2.95. The Morgan fingerprint density at radius 2 is 1.95 bits per heavy atom. The first-order valence-electron chi connectivity index (χ1n) is 7.54. The van der Waals surface area contributed by atoms with Crippen molar-refractivity contribution in [1.29, 1.82) is 0 Å². The third-order valence-electron chi connectivity index (χ3n) is 4.17. The average Bonchev–Trinajstić information content (AvgIpc) is 2.86. The largest absolute Gasteiger partial charge is 0.471 e. The minimum Gasteiger partial charge on any atom is -0.471 e. The molecule has 0 bridgehead atoms. The molecule has 1 aliphatic rings. The van der Waals surface area contributed by atoms with E-state index in [4.69, 9.17) is 4.74 Å². The van der Waals surface area contributed by atoms with Gasteiger partial charge in [-0.05, 0) is 51.2 Å². The molecular formula is C17H22N2O2. The molecule has 0 amide bonds. The van der Waals surface area contributed by atoms with Crippen LogP contribution in [0.15, 0.2) is 35.1 Å². The van der Waals surface area contributed by atoms with Crippen LogP contribution in [0.3, 0.4) is 0 Å². The predicted octanol–water partition coefficient (Wildman–Crippen LogP) is 2.78. The summed E-state index contributed by atoms with van der Waals surface area (Å²) in [6.45, 7) is 0.877. The standard InChI is InChI=1S/C17H22N2O2/c1-19(2)12-17(9-5-6-10-17)21-15-11-13-7-3-4-8-14(13)16(20)18-15/h3-4,7-8,11H,5-6,9-10,12H2,1-2H3,(H,18,20). The fourth-order valence-corrected chi connectivity index (χ4v) is 3.36. The lowest BCUT2D eigenvalue weighted by Crippen LogP contribution is -2.43. The molecule has 2 aromatic rings. The summed E-state index contributed by atoms with van der Waals surface area (Å²) in [6, 6.07) is 9.54. The van der Waals surface area contributed by atoms with Gasteiger partial charge in [0.15, 0.2) is 5.88 Å². The second kappa shape index (κ2) is 5.53. The molecule has 0 spiro atoms. The molecule has 0 aliphatic heterocycles. The van der Waals surface area contributed by atoms with Crippen LogP contribution in [0.2, 0.25) is 0 Å². The van der Waals surface area contributed by atoms with Crippen molar-refractivity contribution in [1.82, 2.24) is 9.88 Å². The van der Waals surface area contributed by atoms with Gasteiger partial charge in [0.2, 0.25) is 0 Å². The molecule has 0 saturated heterocycles. The normalized spacial score (nSPS) is 17.5. The number of H-pyrrole nitrogens is 1. The summed E-state index contributed by atoms with van der Waals surface area (Å²) in [4.78, 5) is 17.2. The highest BCUT2D eigenvalue weighted by molar-refractivity contribution is 5.82. The lowest BCUT2D eigenvalue weighted by atomic mass is 10.0. The van der Waals surface area contributed by atoms with Gasteiger partial charge in [-0.3, -0.25) is 9.78 Å². The smallest absolute Gasteiger partial charge is 0.258 e. The maximum atomic E-state index is 12.2. The number of nitrogens with zero attached hydrogens (tertiary/aromatic N) is 1. The van der Waals surface area contributed by atoms with Crippen LogP contribution in [0.25, 0.3) is 10.8 Å². The molecule has 0 atom stereocenters. The molecule has 1 aliphatic carbocycles. The molecular weight excluding hydrogens is 264 g/mol. The van der Waals surface area contributed by atoms with Crippen LogP contribution in [-0.4, -0.2) is 36.1 Å². The number of ether oxygens (including phenoxy) is 1. The molecule has 0 radical (unpaired) electrons. The monoisotopic (exact) mass is 286 g/mol. The third-order valence-corrected chi connectivity index (χ3v) is 4.17. The van der Waals surface area contributed by atoms with Gasteiger partial charge in [0, 0.05) is 18.0 Å². The minimum absolute atomic E-state index is 0.0823. The molecule has 4 heteroatoms. The van der Waals surface area contributed by atoms with E-state index in [1.807, 2.05) is 30.3 Å². The van der Waals surface area contributed by atoms with Gasteiger partial charge in [-0.25, -0.2) is 0 Å². The summed E-state index contributed by atoms with van der Waals surface area (Å²) in [7, 11) is 4.12. The number of hydrogen-bond acceptors (Lipinski definition) is 3. The second-order valence-corrected chi connectivity index (χ2v) is 6.28. The number of likely N-dealkylation sites (N-methyl/N-ethyl adjacent to an activating group) is 1. The summed E-state index contributed by atoms with van der Waals surface area (Å²) in [5, 5.41) is 1.63. The topological polar surface area (TPSA) is 45.3 Å². The van der Waals surface area contributed by atoms with Crippen LogP contribution in [0.4, 0.5) is 0 Å². The van der Waals surface area contributed by atoms with E-state index < -0.39 is 0 Å². The fourth-order valence-electron chi connectivity index (χ4n) is 3.36. The van der Waals surface area contributed by atoms with Crippen molar-refractivity contribution in [3.05, 3.63) is 40.7 Å². The van der Waals surface area contributed by atoms with Crippen LogP contribution >= 0.6 is 0 Å². The zero-order chi connectivity index (χ0) is 14.9. The van der Waals surface area contributed by atoms with E-state index in [2.05, 4.69) is 24.0 Å². The lowest BCUT2D eigenvalue weighted by Gasteiger charge is -2.32. The van der Waals surface area contributed by atoms with Crippen molar-refractivity contribution in [2.24, 2.45) is 0 Å². The van der Waals surface area contributed by atoms with Crippen LogP contribution in [0.5, 0.6) is 5.88 Å². The van der Waals surface area contributed by atoms with Crippen LogP contribution in [0.1, 0.15) is 25.7 Å². The summed E-state index contributed by atoms with van der Waals surface area (Å²) < 4.78 is 6.27. The maximum Gasteiger partial charge on any atom is 0.258 e. The molecule has 0 unspecified atom stereocenters. The van der Waals surface area contributed by atoms with E-state index in [0.29, 0.717) is 11.3 Å². The predicted molar refractivity (Wildman–Crippen MR) is 84.9 cm³/mol. The molecule has 112 valence electrons. The highest BCUT2D eigenvalue weighted by atomic mass is 16.5. The summed E-state index contributed by atoms with van der Waals surface area (Å²) >= 11 is 0. The molecule has 21 heavy (non-hydrogen) atoms. The molecule has 1 aromatic carbocycles. The number of hydrogen-bond donors (Lipinski definition) is 1. The Morgan fingerprint density at radius 3 is 2.67 bits per heavy atom. The Morgan fingerprint density at radius 1 is 1.24 bits per heavy atom. The molecule has 4 nitrogen and oxygen atoms in total. The van der Waals surface area contributed by atoms with Crippen molar-refractivity contribution in [2.75, 3.05) is 20.6 Å². The Kier molecular flexibility index (Phi) is 3.72. The van der Waals surface area contributed by atoms with Crippen molar-refractivity contribution >= 4 is 10.8 Å². The first kappa shape index (κ1) is 14.1. The number of benzene rings is 1. The number of rotatable bonds is 4. The quantitative estimate of drug-likeness (QED) is 0.940. The number of nitrogens with one attached hydrogen (secondary N) is 1. The first-order chi connectivity index (χ1) is 10.1. The van der Waals surface area contributed by atoms with Crippen LogP contribution in [0, 0.1) is 0 Å². The van der Waals surface area contributed by atoms with Crippen LogP contribution in [-0.2, 0) is 0 Å². The Labute approximate surface area is 124 Å². The summed E-state index contributed by atoms with van der Waals surface area (Å²) in [5.74, 6) is 0.586. The van der Waals surface area contributed by atoms with Crippen molar-refractivity contribution < 1.29 is 4.74 Å². The van der Waals surface area contributed by atoms with Gasteiger partial charge in [-0.2, -0.15) is 0 Å². The van der Waals surface area contributed by atoms with E-state index in [1.54, 1.807) is 0 Å². The highest BCUT2D eigenvalue weighted by Crippen LogP contribution is 2.34. The van der Waals surface area contributed by atoms with Crippen LogP contribution < -0.4 is 10.3 Å². The summed E-state index contributed by atoms with van der Waals surface area (Å²) in [5.41, 5.74) is -0.254. The molecule has 1 saturated carbocycles. The Bertz CT molecular complexity index is 684. The van der Waals surface area contributed by atoms with E-state index in [1.165, 1.54) is 12.8 Å². The van der Waals surface area contributed by atoms with E-state index in [0.717, 1.165) is 24.8 Å². The van der Waals surface area contributed by atoms with E-state index >= 15 is 0 Å².